The number of carbonyl (C=O) groups excluding carboxylic acids is 3. The van der Waals surface area contributed by atoms with E-state index in [1.165, 1.54) is 23.9 Å². The second-order valence-corrected chi connectivity index (χ2v) is 6.91. The van der Waals surface area contributed by atoms with Gasteiger partial charge in [0.2, 0.25) is 12.7 Å². The fourth-order valence-electron chi connectivity index (χ4n) is 2.47. The topological polar surface area (TPSA) is 115 Å². The Kier molecular flexibility index (Phi) is 8.10. The molecule has 0 aliphatic rings. The minimum atomic E-state index is -0.641. The van der Waals surface area contributed by atoms with Crippen LogP contribution >= 0.6 is 11.3 Å². The number of anilines is 1. The van der Waals surface area contributed by atoms with E-state index in [1.54, 1.807) is 26.1 Å². The molecule has 0 spiro atoms. The standard InChI is InChI=1S/C19H22N2O7S/c1-4-27-18(24)15-12(2)16(19(25)28-9-8-26-3)29-17(15)20-14(23)11-21-7-5-6-13(22)10-21/h5-7,10H,4,8-9,11H2,1-3H3,(H-,20,22,23,24,25)/p+1. The summed E-state index contributed by atoms with van der Waals surface area (Å²) in [5.41, 5.74) is 0.487. The van der Waals surface area contributed by atoms with Gasteiger partial charge in [0, 0.05) is 13.2 Å². The number of ether oxygens (including phenoxy) is 3. The lowest BCUT2D eigenvalue weighted by Gasteiger charge is -2.06. The van der Waals surface area contributed by atoms with Crippen molar-refractivity contribution in [2.45, 2.75) is 20.4 Å². The monoisotopic (exact) mass is 423 g/mol. The first-order valence-electron chi connectivity index (χ1n) is 8.81. The van der Waals surface area contributed by atoms with Crippen LogP contribution in [0.25, 0.3) is 0 Å². The van der Waals surface area contributed by atoms with Crippen molar-refractivity contribution < 1.29 is 38.3 Å². The molecule has 156 valence electrons. The summed E-state index contributed by atoms with van der Waals surface area (Å²) in [6.45, 7) is 3.62. The van der Waals surface area contributed by atoms with Crippen molar-refractivity contribution in [3.8, 4) is 5.75 Å². The van der Waals surface area contributed by atoms with E-state index in [4.69, 9.17) is 14.2 Å². The first kappa shape index (κ1) is 22.3. The number of aromatic hydroxyl groups is 1. The molecule has 0 saturated heterocycles. The second kappa shape index (κ2) is 10.5. The van der Waals surface area contributed by atoms with Crippen LogP contribution in [-0.4, -0.2) is 49.9 Å². The van der Waals surface area contributed by atoms with Crippen molar-refractivity contribution in [2.24, 2.45) is 0 Å². The molecule has 0 atom stereocenters. The van der Waals surface area contributed by atoms with E-state index in [0.717, 1.165) is 11.3 Å². The average Bonchev–Trinajstić information content (AvgIpc) is 2.98. The lowest BCUT2D eigenvalue weighted by Crippen LogP contribution is -2.39. The number of amides is 1. The van der Waals surface area contributed by atoms with Gasteiger partial charge in [0.25, 0.3) is 5.91 Å². The van der Waals surface area contributed by atoms with Crippen molar-refractivity contribution in [1.82, 2.24) is 0 Å². The Labute approximate surface area is 171 Å². The van der Waals surface area contributed by atoms with Crippen molar-refractivity contribution in [2.75, 3.05) is 32.2 Å². The molecule has 0 saturated carbocycles. The van der Waals surface area contributed by atoms with Crippen LogP contribution in [0.5, 0.6) is 5.75 Å². The van der Waals surface area contributed by atoms with Gasteiger partial charge in [-0.15, -0.1) is 11.3 Å². The third kappa shape index (κ3) is 6.00. The van der Waals surface area contributed by atoms with Crippen LogP contribution in [0.15, 0.2) is 24.5 Å². The second-order valence-electron chi connectivity index (χ2n) is 5.89. The number of hydrogen-bond donors (Lipinski definition) is 2. The maximum atomic E-state index is 12.4. The first-order valence-corrected chi connectivity index (χ1v) is 9.63. The molecule has 2 N–H and O–H groups in total. The van der Waals surface area contributed by atoms with Crippen LogP contribution in [0.2, 0.25) is 0 Å². The van der Waals surface area contributed by atoms with Gasteiger partial charge in [-0.05, 0) is 25.5 Å². The Bertz CT molecular complexity index is 895. The number of methoxy groups -OCH3 is 1. The molecule has 1 amide bonds. The summed E-state index contributed by atoms with van der Waals surface area (Å²) in [7, 11) is 1.49. The van der Waals surface area contributed by atoms with Crippen molar-refractivity contribution in [1.29, 1.82) is 0 Å². The quantitative estimate of drug-likeness (QED) is 0.358. The Balaban J connectivity index is 2.25. The summed E-state index contributed by atoms with van der Waals surface area (Å²) in [5.74, 6) is -1.68. The number of nitrogens with one attached hydrogen (secondary N) is 1. The molecule has 10 heteroatoms. The number of pyridine rings is 1. The molecule has 0 aliphatic heterocycles. The molecular formula is C19H23N2O7S+. The van der Waals surface area contributed by atoms with E-state index in [2.05, 4.69) is 5.32 Å². The number of esters is 2. The van der Waals surface area contributed by atoms with Gasteiger partial charge in [-0.1, -0.05) is 0 Å². The van der Waals surface area contributed by atoms with Crippen LogP contribution in [-0.2, 0) is 25.5 Å². The van der Waals surface area contributed by atoms with E-state index >= 15 is 0 Å². The fourth-order valence-corrected chi connectivity index (χ4v) is 3.57. The van der Waals surface area contributed by atoms with Gasteiger partial charge in [-0.25, -0.2) is 9.59 Å². The number of hydrogen-bond acceptors (Lipinski definition) is 8. The number of aromatic nitrogens is 1. The first-order chi connectivity index (χ1) is 13.9. The van der Waals surface area contributed by atoms with E-state index in [9.17, 15) is 19.5 Å². The highest BCUT2D eigenvalue weighted by Crippen LogP contribution is 2.34. The predicted octanol–water partition coefficient (Wildman–Crippen LogP) is 1.67. The minimum Gasteiger partial charge on any atom is -0.503 e. The molecule has 0 fully saturated rings. The zero-order valence-corrected chi connectivity index (χ0v) is 17.2. The van der Waals surface area contributed by atoms with Gasteiger partial charge in [0.05, 0.1) is 18.8 Å². The molecule has 0 aliphatic carbocycles. The highest BCUT2D eigenvalue weighted by Gasteiger charge is 2.28. The van der Waals surface area contributed by atoms with E-state index < -0.39 is 17.8 Å². The van der Waals surface area contributed by atoms with Crippen molar-refractivity contribution in [3.05, 3.63) is 40.5 Å². The molecule has 2 aromatic heterocycles. The summed E-state index contributed by atoms with van der Waals surface area (Å²) >= 11 is 0.942. The predicted molar refractivity (Wildman–Crippen MR) is 104 cm³/mol. The molecule has 0 bridgehead atoms. The third-order valence-corrected chi connectivity index (χ3v) is 4.94. The molecule has 2 rings (SSSR count). The maximum Gasteiger partial charge on any atom is 0.348 e. The SMILES string of the molecule is CCOC(=O)c1c(NC(=O)C[n+]2cccc(O)c2)sc(C(=O)OCCOC)c1C. The summed E-state index contributed by atoms with van der Waals surface area (Å²) in [5, 5.41) is 12.4. The molecule has 0 radical (unpaired) electrons. The maximum absolute atomic E-state index is 12.4. The lowest BCUT2D eigenvalue weighted by atomic mass is 10.1. The van der Waals surface area contributed by atoms with Crippen molar-refractivity contribution >= 4 is 34.2 Å². The summed E-state index contributed by atoms with van der Waals surface area (Å²) < 4.78 is 16.5. The van der Waals surface area contributed by atoms with E-state index in [-0.39, 0.29) is 47.6 Å². The van der Waals surface area contributed by atoms with Crippen molar-refractivity contribution in [3.63, 3.8) is 0 Å². The Morgan fingerprint density at radius 3 is 2.62 bits per heavy atom. The lowest BCUT2D eigenvalue weighted by molar-refractivity contribution is -0.684. The smallest absolute Gasteiger partial charge is 0.348 e. The van der Waals surface area contributed by atoms with Gasteiger partial charge >= 0.3 is 11.9 Å². The molecule has 9 nitrogen and oxygen atoms in total. The highest BCUT2D eigenvalue weighted by molar-refractivity contribution is 7.18. The molecular weight excluding hydrogens is 400 g/mol. The van der Waals surface area contributed by atoms with Crippen LogP contribution in [0.1, 0.15) is 32.5 Å². The van der Waals surface area contributed by atoms with E-state index in [1.807, 2.05) is 0 Å². The van der Waals surface area contributed by atoms with Crippen LogP contribution < -0.4 is 9.88 Å². The molecule has 0 unspecified atom stereocenters. The van der Waals surface area contributed by atoms with Gasteiger partial charge in [0.15, 0.2) is 11.9 Å². The number of rotatable bonds is 9. The number of carbonyl (C=O) groups is 3. The number of nitrogens with zero attached hydrogens (tertiary/aromatic N) is 1. The van der Waals surface area contributed by atoms with Gasteiger partial charge < -0.3 is 24.6 Å². The zero-order valence-electron chi connectivity index (χ0n) is 16.4. The van der Waals surface area contributed by atoms with Crippen LogP contribution in [0.4, 0.5) is 5.00 Å². The summed E-state index contributed by atoms with van der Waals surface area (Å²) in [6, 6.07) is 3.08. The van der Waals surface area contributed by atoms with E-state index in [0.29, 0.717) is 5.56 Å². The molecule has 2 aromatic rings. The Morgan fingerprint density at radius 2 is 1.97 bits per heavy atom. The largest absolute Gasteiger partial charge is 0.503 e. The Morgan fingerprint density at radius 1 is 1.21 bits per heavy atom. The molecule has 2 heterocycles. The molecule has 29 heavy (non-hydrogen) atoms. The van der Waals surface area contributed by atoms with Gasteiger partial charge in [-0.3, -0.25) is 4.79 Å². The van der Waals surface area contributed by atoms with Crippen LogP contribution in [0.3, 0.4) is 0 Å². The highest BCUT2D eigenvalue weighted by atomic mass is 32.1. The third-order valence-electron chi connectivity index (χ3n) is 3.75. The Hall–Kier alpha value is -2.98. The summed E-state index contributed by atoms with van der Waals surface area (Å²) in [4.78, 5) is 37.4. The minimum absolute atomic E-state index is 0.0144. The fraction of sp³-hybridized carbons (Fsp3) is 0.368. The molecule has 0 aromatic carbocycles. The normalized spacial score (nSPS) is 10.4. The average molecular weight is 423 g/mol. The van der Waals surface area contributed by atoms with Gasteiger partial charge in [0.1, 0.15) is 16.5 Å². The number of thiophene rings is 1. The summed E-state index contributed by atoms with van der Waals surface area (Å²) in [6.07, 6.45) is 3.01. The van der Waals surface area contributed by atoms with Crippen LogP contribution in [0, 0.1) is 6.92 Å². The van der Waals surface area contributed by atoms with Gasteiger partial charge in [-0.2, -0.15) is 4.57 Å². The zero-order chi connectivity index (χ0) is 21.4.